The molecule has 2 heteroatoms. The highest BCUT2D eigenvalue weighted by atomic mass is 16.6. The molecule has 0 bridgehead atoms. The van der Waals surface area contributed by atoms with Crippen molar-refractivity contribution in [2.45, 2.75) is 40.0 Å². The maximum absolute atomic E-state index is 4.84. The van der Waals surface area contributed by atoms with Crippen molar-refractivity contribution in [3.05, 3.63) is 0 Å². The molecule has 0 aliphatic heterocycles. The van der Waals surface area contributed by atoms with Gasteiger partial charge in [-0.25, -0.2) is 0 Å². The van der Waals surface area contributed by atoms with Crippen LogP contribution in [0.15, 0.2) is 5.16 Å². The lowest BCUT2D eigenvalue weighted by atomic mass is 9.88. The van der Waals surface area contributed by atoms with E-state index in [9.17, 15) is 0 Å². The molecule has 0 atom stereocenters. The second-order valence-electron chi connectivity index (χ2n) is 4.78. The minimum absolute atomic E-state index is 0.333. The van der Waals surface area contributed by atoms with Gasteiger partial charge in [0.15, 0.2) is 0 Å². The van der Waals surface area contributed by atoms with E-state index in [2.05, 4.69) is 25.9 Å². The number of rotatable bonds is 3. The smallest absolute Gasteiger partial charge is 0.106 e. The van der Waals surface area contributed by atoms with Crippen LogP contribution in [-0.4, -0.2) is 12.8 Å². The third kappa shape index (κ3) is 3.24. The van der Waals surface area contributed by atoms with E-state index in [1.54, 1.807) is 7.11 Å². The summed E-state index contributed by atoms with van der Waals surface area (Å²) in [6, 6.07) is 0. The average molecular weight is 169 g/mol. The predicted molar refractivity (Wildman–Crippen MR) is 51.2 cm³/mol. The Balaban J connectivity index is 2.49. The van der Waals surface area contributed by atoms with Crippen molar-refractivity contribution in [2.24, 2.45) is 16.5 Å². The monoisotopic (exact) mass is 169 g/mol. The SMILES string of the molecule is CO/N=C(/CC(C)(C)C)C1CC1. The fourth-order valence-electron chi connectivity index (χ4n) is 1.33. The number of hydrogen-bond donors (Lipinski definition) is 0. The molecular formula is C10H19NO. The van der Waals surface area contributed by atoms with Gasteiger partial charge in [-0.2, -0.15) is 0 Å². The summed E-state index contributed by atoms with van der Waals surface area (Å²) in [6.45, 7) is 6.71. The lowest BCUT2D eigenvalue weighted by Crippen LogP contribution is -2.14. The number of oxime groups is 1. The molecule has 70 valence electrons. The largest absolute Gasteiger partial charge is 0.399 e. The third-order valence-corrected chi connectivity index (χ3v) is 1.97. The summed E-state index contributed by atoms with van der Waals surface area (Å²) in [4.78, 5) is 4.84. The molecule has 1 aliphatic rings. The Kier molecular flexibility index (Phi) is 2.76. The first-order chi connectivity index (χ1) is 5.53. The standard InChI is InChI=1S/C10H19NO/c1-10(2,3)7-9(11-12-4)8-5-6-8/h8H,5-7H2,1-4H3/b11-9-. The first-order valence-corrected chi connectivity index (χ1v) is 4.63. The van der Waals surface area contributed by atoms with Gasteiger partial charge in [0, 0.05) is 5.92 Å². The second kappa shape index (κ2) is 3.46. The Labute approximate surface area is 75.0 Å². The van der Waals surface area contributed by atoms with Crippen molar-refractivity contribution in [3.8, 4) is 0 Å². The molecule has 0 radical (unpaired) electrons. The molecule has 0 amide bonds. The normalized spacial score (nSPS) is 19.5. The Morgan fingerprint density at radius 2 is 2.00 bits per heavy atom. The van der Waals surface area contributed by atoms with E-state index in [1.165, 1.54) is 18.6 Å². The first kappa shape index (κ1) is 9.56. The van der Waals surface area contributed by atoms with Gasteiger partial charge in [-0.3, -0.25) is 0 Å². The molecule has 0 unspecified atom stereocenters. The van der Waals surface area contributed by atoms with Crippen LogP contribution < -0.4 is 0 Å². The zero-order chi connectivity index (χ0) is 9.19. The minimum Gasteiger partial charge on any atom is -0.399 e. The lowest BCUT2D eigenvalue weighted by molar-refractivity contribution is 0.209. The summed E-state index contributed by atoms with van der Waals surface area (Å²) in [7, 11) is 1.63. The van der Waals surface area contributed by atoms with Crippen LogP contribution in [0.1, 0.15) is 40.0 Å². The van der Waals surface area contributed by atoms with E-state index >= 15 is 0 Å². The number of nitrogens with zero attached hydrogens (tertiary/aromatic N) is 1. The molecule has 0 aromatic rings. The quantitative estimate of drug-likeness (QED) is 0.470. The lowest BCUT2D eigenvalue weighted by Gasteiger charge is -2.18. The van der Waals surface area contributed by atoms with E-state index in [0.29, 0.717) is 5.41 Å². The molecule has 0 spiro atoms. The summed E-state index contributed by atoms with van der Waals surface area (Å²) in [5, 5.41) is 4.09. The zero-order valence-corrected chi connectivity index (χ0v) is 8.55. The summed E-state index contributed by atoms with van der Waals surface area (Å²) < 4.78 is 0. The van der Waals surface area contributed by atoms with E-state index in [4.69, 9.17) is 4.84 Å². The predicted octanol–water partition coefficient (Wildman–Crippen LogP) is 2.84. The van der Waals surface area contributed by atoms with Crippen LogP contribution in [0.3, 0.4) is 0 Å². The molecule has 1 fully saturated rings. The highest BCUT2D eigenvalue weighted by Crippen LogP contribution is 2.35. The van der Waals surface area contributed by atoms with Gasteiger partial charge >= 0.3 is 0 Å². The molecule has 0 saturated heterocycles. The van der Waals surface area contributed by atoms with E-state index in [-0.39, 0.29) is 0 Å². The van der Waals surface area contributed by atoms with Gasteiger partial charge in [-0.1, -0.05) is 25.9 Å². The molecule has 1 aliphatic carbocycles. The van der Waals surface area contributed by atoms with Crippen LogP contribution >= 0.6 is 0 Å². The van der Waals surface area contributed by atoms with Gasteiger partial charge in [0.1, 0.15) is 7.11 Å². The van der Waals surface area contributed by atoms with Crippen molar-refractivity contribution < 1.29 is 4.84 Å². The van der Waals surface area contributed by atoms with E-state index < -0.39 is 0 Å². The van der Waals surface area contributed by atoms with Crippen LogP contribution in [0.4, 0.5) is 0 Å². The summed E-state index contributed by atoms with van der Waals surface area (Å²) in [5.41, 5.74) is 1.59. The van der Waals surface area contributed by atoms with Crippen LogP contribution in [0.25, 0.3) is 0 Å². The van der Waals surface area contributed by atoms with Gasteiger partial charge in [-0.15, -0.1) is 0 Å². The highest BCUT2D eigenvalue weighted by molar-refractivity contribution is 5.88. The van der Waals surface area contributed by atoms with Gasteiger partial charge in [0.25, 0.3) is 0 Å². The van der Waals surface area contributed by atoms with Gasteiger partial charge in [0.05, 0.1) is 5.71 Å². The van der Waals surface area contributed by atoms with Crippen molar-refractivity contribution in [1.82, 2.24) is 0 Å². The zero-order valence-electron chi connectivity index (χ0n) is 8.55. The molecule has 0 heterocycles. The summed E-state index contributed by atoms with van der Waals surface area (Å²) in [5.74, 6) is 0.726. The topological polar surface area (TPSA) is 21.6 Å². The van der Waals surface area contributed by atoms with Crippen molar-refractivity contribution in [1.29, 1.82) is 0 Å². The molecule has 1 saturated carbocycles. The van der Waals surface area contributed by atoms with E-state index in [0.717, 1.165) is 12.3 Å². The Bertz CT molecular complexity index is 175. The molecule has 12 heavy (non-hydrogen) atoms. The van der Waals surface area contributed by atoms with Crippen LogP contribution in [0.5, 0.6) is 0 Å². The average Bonchev–Trinajstić information content (AvgIpc) is 2.63. The summed E-state index contributed by atoms with van der Waals surface area (Å²) >= 11 is 0. The van der Waals surface area contributed by atoms with Crippen LogP contribution in [0.2, 0.25) is 0 Å². The van der Waals surface area contributed by atoms with Crippen LogP contribution in [0, 0.1) is 11.3 Å². The maximum atomic E-state index is 4.84. The van der Waals surface area contributed by atoms with Gasteiger partial charge < -0.3 is 4.84 Å². The Morgan fingerprint density at radius 1 is 1.42 bits per heavy atom. The first-order valence-electron chi connectivity index (χ1n) is 4.63. The highest BCUT2D eigenvalue weighted by Gasteiger charge is 2.30. The maximum Gasteiger partial charge on any atom is 0.106 e. The van der Waals surface area contributed by atoms with Crippen molar-refractivity contribution in [2.75, 3.05) is 7.11 Å². The third-order valence-electron chi connectivity index (χ3n) is 1.97. The molecular weight excluding hydrogens is 150 g/mol. The second-order valence-corrected chi connectivity index (χ2v) is 4.78. The van der Waals surface area contributed by atoms with Gasteiger partial charge in [0.2, 0.25) is 0 Å². The molecule has 0 aromatic heterocycles. The Morgan fingerprint density at radius 3 is 2.33 bits per heavy atom. The van der Waals surface area contributed by atoms with Crippen LogP contribution in [-0.2, 0) is 4.84 Å². The van der Waals surface area contributed by atoms with Crippen molar-refractivity contribution in [3.63, 3.8) is 0 Å². The number of hydrogen-bond acceptors (Lipinski definition) is 2. The van der Waals surface area contributed by atoms with Gasteiger partial charge in [-0.05, 0) is 24.7 Å². The molecule has 2 nitrogen and oxygen atoms in total. The molecule has 0 aromatic carbocycles. The van der Waals surface area contributed by atoms with Crippen molar-refractivity contribution >= 4 is 5.71 Å². The molecule has 1 rings (SSSR count). The minimum atomic E-state index is 0.333. The summed E-state index contributed by atoms with van der Waals surface area (Å²) in [6.07, 6.45) is 3.67. The fraction of sp³-hybridized carbons (Fsp3) is 0.900. The Hall–Kier alpha value is -0.530. The molecule has 0 N–H and O–H groups in total. The fourth-order valence-corrected chi connectivity index (χ4v) is 1.33. The van der Waals surface area contributed by atoms with E-state index in [1.807, 2.05) is 0 Å².